The number of nitrogens with zero attached hydrogens (tertiary/aromatic N) is 1. The Morgan fingerprint density at radius 1 is 0.968 bits per heavy atom. The summed E-state index contributed by atoms with van der Waals surface area (Å²) in [5.41, 5.74) is 2.55. The fraction of sp³-hybridized carbons (Fsp3) is 0.208. The molecule has 31 heavy (non-hydrogen) atoms. The van der Waals surface area contributed by atoms with Gasteiger partial charge in [0.15, 0.2) is 0 Å². The Bertz CT molecular complexity index is 1120. The molecule has 1 atom stereocenters. The smallest absolute Gasteiger partial charge is 0.251 e. The van der Waals surface area contributed by atoms with E-state index in [0.717, 1.165) is 18.2 Å². The van der Waals surface area contributed by atoms with Crippen LogP contribution >= 0.6 is 0 Å². The standard InChI is InChI=1S/C24H25FN2O3S/c1-3-23(19-7-5-4-6-8-19)26-24(28)20-11-15-22(16-12-20)27(31(2,29)30)17-18-9-13-21(25)14-10-18/h4-16,23H,3,17H2,1-2H3,(H,26,28)/t23-/m0/s1. The van der Waals surface area contributed by atoms with Gasteiger partial charge in [-0.2, -0.15) is 0 Å². The fourth-order valence-electron chi connectivity index (χ4n) is 3.28. The van der Waals surface area contributed by atoms with Crippen molar-refractivity contribution in [2.24, 2.45) is 0 Å². The zero-order chi connectivity index (χ0) is 22.4. The van der Waals surface area contributed by atoms with Crippen LogP contribution in [-0.2, 0) is 16.6 Å². The SMILES string of the molecule is CC[C@H](NC(=O)c1ccc(N(Cc2ccc(F)cc2)S(C)(=O)=O)cc1)c1ccccc1. The minimum absolute atomic E-state index is 0.0660. The van der Waals surface area contributed by atoms with E-state index < -0.39 is 10.0 Å². The molecule has 0 saturated carbocycles. The van der Waals surface area contributed by atoms with Crippen LogP contribution in [-0.4, -0.2) is 20.6 Å². The third-order valence-electron chi connectivity index (χ3n) is 4.97. The Labute approximate surface area is 182 Å². The van der Waals surface area contributed by atoms with E-state index in [1.54, 1.807) is 36.4 Å². The molecule has 162 valence electrons. The molecule has 3 aromatic carbocycles. The van der Waals surface area contributed by atoms with Crippen LogP contribution in [0.4, 0.5) is 10.1 Å². The van der Waals surface area contributed by atoms with Crippen LogP contribution in [0.2, 0.25) is 0 Å². The van der Waals surface area contributed by atoms with Gasteiger partial charge in [0.2, 0.25) is 10.0 Å². The van der Waals surface area contributed by atoms with Crippen molar-refractivity contribution < 1.29 is 17.6 Å². The number of rotatable bonds is 8. The molecule has 0 aliphatic rings. The van der Waals surface area contributed by atoms with Gasteiger partial charge < -0.3 is 5.32 Å². The molecule has 0 radical (unpaired) electrons. The Morgan fingerprint density at radius 3 is 2.13 bits per heavy atom. The van der Waals surface area contributed by atoms with Crippen molar-refractivity contribution in [2.45, 2.75) is 25.9 Å². The van der Waals surface area contributed by atoms with Crippen molar-refractivity contribution in [3.05, 3.63) is 101 Å². The minimum atomic E-state index is -3.58. The second-order valence-electron chi connectivity index (χ2n) is 7.29. The number of sulfonamides is 1. The average Bonchev–Trinajstić information content (AvgIpc) is 2.77. The lowest BCUT2D eigenvalue weighted by atomic mass is 10.0. The average molecular weight is 441 g/mol. The summed E-state index contributed by atoms with van der Waals surface area (Å²) in [5, 5.41) is 3.02. The highest BCUT2D eigenvalue weighted by molar-refractivity contribution is 7.92. The number of hydrogen-bond acceptors (Lipinski definition) is 3. The molecule has 0 bridgehead atoms. The molecule has 0 aliphatic heterocycles. The van der Waals surface area contributed by atoms with Gasteiger partial charge in [0.05, 0.1) is 24.5 Å². The molecule has 5 nitrogen and oxygen atoms in total. The molecule has 0 saturated heterocycles. The molecule has 0 aromatic heterocycles. The summed E-state index contributed by atoms with van der Waals surface area (Å²) in [6.07, 6.45) is 1.86. The zero-order valence-electron chi connectivity index (χ0n) is 17.5. The predicted molar refractivity (Wildman–Crippen MR) is 121 cm³/mol. The highest BCUT2D eigenvalue weighted by Crippen LogP contribution is 2.22. The number of anilines is 1. The summed E-state index contributed by atoms with van der Waals surface area (Å²) in [7, 11) is -3.58. The van der Waals surface area contributed by atoms with Crippen LogP contribution in [0.3, 0.4) is 0 Å². The number of nitrogens with one attached hydrogen (secondary N) is 1. The normalized spacial score (nSPS) is 12.2. The molecule has 1 amide bonds. The number of halogens is 1. The van der Waals surface area contributed by atoms with Crippen LogP contribution in [0.1, 0.15) is 40.9 Å². The highest BCUT2D eigenvalue weighted by atomic mass is 32.2. The predicted octanol–water partition coefficient (Wildman–Crippen LogP) is 4.67. The largest absolute Gasteiger partial charge is 0.345 e. The Hall–Kier alpha value is -3.19. The minimum Gasteiger partial charge on any atom is -0.345 e. The first-order valence-corrected chi connectivity index (χ1v) is 11.8. The summed E-state index contributed by atoms with van der Waals surface area (Å²) in [6.45, 7) is 2.07. The van der Waals surface area contributed by atoms with Crippen LogP contribution < -0.4 is 9.62 Å². The third-order valence-corrected chi connectivity index (χ3v) is 6.11. The van der Waals surface area contributed by atoms with E-state index in [1.807, 2.05) is 37.3 Å². The summed E-state index contributed by atoms with van der Waals surface area (Å²) >= 11 is 0. The first-order valence-electron chi connectivity index (χ1n) is 9.96. The van der Waals surface area contributed by atoms with Crippen LogP contribution in [0, 0.1) is 5.82 Å². The van der Waals surface area contributed by atoms with Crippen molar-refractivity contribution in [2.75, 3.05) is 10.6 Å². The lowest BCUT2D eigenvalue weighted by Crippen LogP contribution is -2.30. The van der Waals surface area contributed by atoms with E-state index in [1.165, 1.54) is 16.4 Å². The van der Waals surface area contributed by atoms with Crippen molar-refractivity contribution in [1.82, 2.24) is 5.32 Å². The molecule has 0 spiro atoms. The molecule has 3 aromatic rings. The van der Waals surface area contributed by atoms with Gasteiger partial charge >= 0.3 is 0 Å². The number of carbonyl (C=O) groups excluding carboxylic acids is 1. The van der Waals surface area contributed by atoms with Crippen molar-refractivity contribution in [1.29, 1.82) is 0 Å². The van der Waals surface area contributed by atoms with E-state index in [4.69, 9.17) is 0 Å². The number of carbonyl (C=O) groups is 1. The third kappa shape index (κ3) is 5.92. The molecular formula is C24H25FN2O3S. The monoisotopic (exact) mass is 440 g/mol. The molecule has 0 unspecified atom stereocenters. The Morgan fingerprint density at radius 2 is 1.58 bits per heavy atom. The second-order valence-corrected chi connectivity index (χ2v) is 9.19. The van der Waals surface area contributed by atoms with Crippen LogP contribution in [0.15, 0.2) is 78.9 Å². The topological polar surface area (TPSA) is 66.5 Å². The van der Waals surface area contributed by atoms with Gasteiger partial charge in [0.1, 0.15) is 5.82 Å². The van der Waals surface area contributed by atoms with Crippen LogP contribution in [0.5, 0.6) is 0 Å². The lowest BCUT2D eigenvalue weighted by molar-refractivity contribution is 0.0935. The Balaban J connectivity index is 1.77. The maximum Gasteiger partial charge on any atom is 0.251 e. The maximum absolute atomic E-state index is 13.2. The molecule has 7 heteroatoms. The second kappa shape index (κ2) is 9.75. The number of benzene rings is 3. The first-order chi connectivity index (χ1) is 14.8. The van der Waals surface area contributed by atoms with Gasteiger partial charge in [-0.1, -0.05) is 49.4 Å². The van der Waals surface area contributed by atoms with Gasteiger partial charge in [-0.3, -0.25) is 9.10 Å². The van der Waals surface area contributed by atoms with Gasteiger partial charge in [0, 0.05) is 5.56 Å². The Kier molecular flexibility index (Phi) is 7.07. The van der Waals surface area contributed by atoms with E-state index in [9.17, 15) is 17.6 Å². The lowest BCUT2D eigenvalue weighted by Gasteiger charge is -2.23. The number of hydrogen-bond donors (Lipinski definition) is 1. The molecular weight excluding hydrogens is 415 g/mol. The van der Waals surface area contributed by atoms with Crippen molar-refractivity contribution in [3.8, 4) is 0 Å². The fourth-order valence-corrected chi connectivity index (χ4v) is 4.17. The zero-order valence-corrected chi connectivity index (χ0v) is 18.3. The molecule has 1 N–H and O–H groups in total. The molecule has 0 aliphatic carbocycles. The summed E-state index contributed by atoms with van der Waals surface area (Å²) in [6, 6.07) is 21.7. The molecule has 0 fully saturated rings. The number of amides is 1. The van der Waals surface area contributed by atoms with Gasteiger partial charge in [-0.05, 0) is 53.9 Å². The van der Waals surface area contributed by atoms with E-state index in [0.29, 0.717) is 16.8 Å². The van der Waals surface area contributed by atoms with Gasteiger partial charge in [0.25, 0.3) is 5.91 Å². The van der Waals surface area contributed by atoms with E-state index >= 15 is 0 Å². The van der Waals surface area contributed by atoms with Crippen LogP contribution in [0.25, 0.3) is 0 Å². The van der Waals surface area contributed by atoms with E-state index in [2.05, 4.69) is 5.32 Å². The van der Waals surface area contributed by atoms with E-state index in [-0.39, 0.29) is 24.3 Å². The van der Waals surface area contributed by atoms with Gasteiger partial charge in [-0.25, -0.2) is 12.8 Å². The molecule has 0 heterocycles. The summed E-state index contributed by atoms with van der Waals surface area (Å²) in [5.74, 6) is -0.613. The summed E-state index contributed by atoms with van der Waals surface area (Å²) in [4.78, 5) is 12.7. The highest BCUT2D eigenvalue weighted by Gasteiger charge is 2.19. The molecule has 3 rings (SSSR count). The van der Waals surface area contributed by atoms with Crippen molar-refractivity contribution >= 4 is 21.6 Å². The quantitative estimate of drug-likeness (QED) is 0.553. The maximum atomic E-state index is 13.2. The summed E-state index contributed by atoms with van der Waals surface area (Å²) < 4.78 is 39.1. The first kappa shape index (κ1) is 22.5. The van der Waals surface area contributed by atoms with Gasteiger partial charge in [-0.15, -0.1) is 0 Å². The van der Waals surface area contributed by atoms with Crippen molar-refractivity contribution in [3.63, 3.8) is 0 Å².